The first-order valence-electron chi connectivity index (χ1n) is 6.56. The first-order chi connectivity index (χ1) is 9.92. The van der Waals surface area contributed by atoms with Crippen LogP contribution in [0.1, 0.15) is 28.9 Å². The summed E-state index contributed by atoms with van der Waals surface area (Å²) in [5, 5.41) is -0.571. The highest BCUT2D eigenvalue weighted by Gasteiger charge is 2.24. The molecule has 0 fully saturated rings. The lowest BCUT2D eigenvalue weighted by atomic mass is 10.1. The SMILES string of the molecule is CC(c1ccccc1)S(=O)(=O)Cc1ccccc1C(N)=S. The van der Waals surface area contributed by atoms with E-state index in [0.29, 0.717) is 11.1 Å². The first-order valence-corrected chi connectivity index (χ1v) is 8.68. The minimum absolute atomic E-state index is 0.0728. The van der Waals surface area contributed by atoms with Crippen LogP contribution in [0.3, 0.4) is 0 Å². The molecule has 0 bridgehead atoms. The van der Waals surface area contributed by atoms with Crippen molar-refractivity contribution in [2.24, 2.45) is 5.73 Å². The molecule has 0 aliphatic heterocycles. The van der Waals surface area contributed by atoms with Crippen LogP contribution < -0.4 is 5.73 Å². The third kappa shape index (κ3) is 3.68. The van der Waals surface area contributed by atoms with Crippen molar-refractivity contribution in [1.29, 1.82) is 0 Å². The molecule has 2 rings (SSSR count). The van der Waals surface area contributed by atoms with Crippen molar-refractivity contribution in [3.8, 4) is 0 Å². The van der Waals surface area contributed by atoms with Crippen LogP contribution in [0.4, 0.5) is 0 Å². The number of rotatable bonds is 5. The smallest absolute Gasteiger partial charge is 0.161 e. The summed E-state index contributed by atoms with van der Waals surface area (Å²) in [6.07, 6.45) is 0. The van der Waals surface area contributed by atoms with Crippen molar-refractivity contribution in [1.82, 2.24) is 0 Å². The molecule has 0 heterocycles. The Labute approximate surface area is 130 Å². The minimum atomic E-state index is -3.34. The summed E-state index contributed by atoms with van der Waals surface area (Å²) >= 11 is 4.98. The standard InChI is InChI=1S/C16H17NO2S2/c1-12(13-7-3-2-4-8-13)21(18,19)11-14-9-5-6-10-15(14)16(17)20/h2-10,12H,11H2,1H3,(H2,17,20). The molecule has 0 saturated carbocycles. The van der Waals surface area contributed by atoms with Crippen molar-refractivity contribution >= 4 is 27.0 Å². The summed E-state index contributed by atoms with van der Waals surface area (Å²) < 4.78 is 25.2. The second-order valence-electron chi connectivity index (χ2n) is 4.88. The molecule has 0 aromatic heterocycles. The van der Waals surface area contributed by atoms with Crippen LogP contribution in [0.5, 0.6) is 0 Å². The number of hydrogen-bond donors (Lipinski definition) is 1. The van der Waals surface area contributed by atoms with E-state index in [0.717, 1.165) is 5.56 Å². The highest BCUT2D eigenvalue weighted by Crippen LogP contribution is 2.26. The Morgan fingerprint density at radius 1 is 1.10 bits per heavy atom. The fourth-order valence-corrected chi connectivity index (χ4v) is 3.87. The number of nitrogens with two attached hydrogens (primary N) is 1. The van der Waals surface area contributed by atoms with E-state index in [1.807, 2.05) is 30.3 Å². The lowest BCUT2D eigenvalue weighted by molar-refractivity contribution is 0.585. The molecular formula is C16H17NO2S2. The van der Waals surface area contributed by atoms with Gasteiger partial charge in [0.05, 0.1) is 11.0 Å². The summed E-state index contributed by atoms with van der Waals surface area (Å²) in [7, 11) is -3.34. The number of sulfone groups is 1. The molecule has 2 N–H and O–H groups in total. The fourth-order valence-electron chi connectivity index (χ4n) is 2.16. The van der Waals surface area contributed by atoms with Gasteiger partial charge in [0, 0.05) is 5.56 Å². The quantitative estimate of drug-likeness (QED) is 0.861. The monoisotopic (exact) mass is 319 g/mol. The largest absolute Gasteiger partial charge is 0.389 e. The molecule has 1 unspecified atom stereocenters. The molecule has 0 saturated heterocycles. The molecule has 110 valence electrons. The lowest BCUT2D eigenvalue weighted by Gasteiger charge is -2.15. The molecule has 0 amide bonds. The van der Waals surface area contributed by atoms with Crippen molar-refractivity contribution in [2.75, 3.05) is 0 Å². The van der Waals surface area contributed by atoms with Crippen LogP contribution in [0.2, 0.25) is 0 Å². The molecule has 0 aliphatic carbocycles. The number of hydrogen-bond acceptors (Lipinski definition) is 3. The van der Waals surface area contributed by atoms with Gasteiger partial charge in [0.25, 0.3) is 0 Å². The number of thiocarbonyl (C=S) groups is 1. The van der Waals surface area contributed by atoms with Gasteiger partial charge in [0.1, 0.15) is 4.99 Å². The van der Waals surface area contributed by atoms with E-state index >= 15 is 0 Å². The Hall–Kier alpha value is -1.72. The van der Waals surface area contributed by atoms with E-state index in [2.05, 4.69) is 0 Å². The van der Waals surface area contributed by atoms with E-state index in [4.69, 9.17) is 18.0 Å². The molecule has 0 radical (unpaired) electrons. The normalized spacial score (nSPS) is 12.8. The van der Waals surface area contributed by atoms with Gasteiger partial charge in [-0.15, -0.1) is 0 Å². The van der Waals surface area contributed by atoms with Gasteiger partial charge < -0.3 is 5.73 Å². The van der Waals surface area contributed by atoms with E-state index < -0.39 is 15.1 Å². The van der Waals surface area contributed by atoms with Gasteiger partial charge in [0.2, 0.25) is 0 Å². The molecule has 1 atom stereocenters. The molecule has 21 heavy (non-hydrogen) atoms. The number of benzene rings is 2. The predicted octanol–water partition coefficient (Wildman–Crippen LogP) is 3.00. The van der Waals surface area contributed by atoms with Crippen molar-refractivity contribution < 1.29 is 8.42 Å². The van der Waals surface area contributed by atoms with Gasteiger partial charge in [-0.3, -0.25) is 0 Å². The maximum absolute atomic E-state index is 12.6. The Morgan fingerprint density at radius 3 is 2.29 bits per heavy atom. The predicted molar refractivity (Wildman–Crippen MR) is 89.8 cm³/mol. The summed E-state index contributed by atoms with van der Waals surface area (Å²) in [6, 6.07) is 16.3. The second-order valence-corrected chi connectivity index (χ2v) is 7.64. The minimum Gasteiger partial charge on any atom is -0.389 e. The van der Waals surface area contributed by atoms with Gasteiger partial charge in [-0.2, -0.15) is 0 Å². The van der Waals surface area contributed by atoms with Crippen LogP contribution in [0.25, 0.3) is 0 Å². The summed E-state index contributed by atoms with van der Waals surface area (Å²) in [5.41, 5.74) is 7.71. The zero-order valence-electron chi connectivity index (χ0n) is 11.7. The molecular weight excluding hydrogens is 302 g/mol. The molecule has 0 spiro atoms. The summed E-state index contributed by atoms with van der Waals surface area (Å²) in [6.45, 7) is 1.70. The Bertz CT molecular complexity index is 740. The zero-order valence-corrected chi connectivity index (χ0v) is 13.3. The van der Waals surface area contributed by atoms with Crippen molar-refractivity contribution in [2.45, 2.75) is 17.9 Å². The van der Waals surface area contributed by atoms with Gasteiger partial charge in [-0.1, -0.05) is 66.8 Å². The fraction of sp³-hybridized carbons (Fsp3) is 0.188. The Balaban J connectivity index is 2.32. The van der Waals surface area contributed by atoms with E-state index in [-0.39, 0.29) is 10.7 Å². The molecule has 5 heteroatoms. The average molecular weight is 319 g/mol. The van der Waals surface area contributed by atoms with E-state index in [1.165, 1.54) is 0 Å². The van der Waals surface area contributed by atoms with Crippen LogP contribution in [-0.2, 0) is 15.6 Å². The van der Waals surface area contributed by atoms with Gasteiger partial charge >= 0.3 is 0 Å². The average Bonchev–Trinajstić information content (AvgIpc) is 2.47. The molecule has 2 aromatic carbocycles. The van der Waals surface area contributed by atoms with Crippen LogP contribution in [-0.4, -0.2) is 13.4 Å². The maximum atomic E-state index is 12.6. The third-order valence-electron chi connectivity index (χ3n) is 3.45. The Morgan fingerprint density at radius 2 is 1.67 bits per heavy atom. The van der Waals surface area contributed by atoms with E-state index in [9.17, 15) is 8.42 Å². The summed E-state index contributed by atoms with van der Waals surface area (Å²) in [5.74, 6) is -0.0728. The third-order valence-corrected chi connectivity index (χ3v) is 5.73. The summed E-state index contributed by atoms with van der Waals surface area (Å²) in [4.78, 5) is 0.216. The first kappa shape index (κ1) is 15.7. The zero-order chi connectivity index (χ0) is 15.5. The highest BCUT2D eigenvalue weighted by atomic mass is 32.2. The van der Waals surface area contributed by atoms with E-state index in [1.54, 1.807) is 31.2 Å². The topological polar surface area (TPSA) is 60.2 Å². The van der Waals surface area contributed by atoms with Gasteiger partial charge in [-0.25, -0.2) is 8.42 Å². The van der Waals surface area contributed by atoms with Crippen LogP contribution in [0.15, 0.2) is 54.6 Å². The van der Waals surface area contributed by atoms with Gasteiger partial charge in [-0.05, 0) is 18.1 Å². The van der Waals surface area contributed by atoms with Crippen molar-refractivity contribution in [3.05, 3.63) is 71.3 Å². The molecule has 2 aromatic rings. The van der Waals surface area contributed by atoms with Crippen LogP contribution >= 0.6 is 12.2 Å². The Kier molecular flexibility index (Phi) is 4.75. The second kappa shape index (κ2) is 6.37. The molecule has 0 aliphatic rings. The molecule has 3 nitrogen and oxygen atoms in total. The van der Waals surface area contributed by atoms with Crippen LogP contribution in [0, 0.1) is 0 Å². The maximum Gasteiger partial charge on any atom is 0.161 e. The van der Waals surface area contributed by atoms with Crippen molar-refractivity contribution in [3.63, 3.8) is 0 Å². The van der Waals surface area contributed by atoms with Gasteiger partial charge in [0.15, 0.2) is 9.84 Å². The highest BCUT2D eigenvalue weighted by molar-refractivity contribution is 7.90. The lowest BCUT2D eigenvalue weighted by Crippen LogP contribution is -2.17.